The van der Waals surface area contributed by atoms with Crippen LogP contribution in [0.15, 0.2) is 30.2 Å². The van der Waals surface area contributed by atoms with Gasteiger partial charge >= 0.3 is 0 Å². The number of carbonyl (C=O) groups excluding carboxylic acids is 1. The van der Waals surface area contributed by atoms with Crippen molar-refractivity contribution in [2.75, 3.05) is 13.7 Å². The van der Waals surface area contributed by atoms with Gasteiger partial charge in [0.15, 0.2) is 5.76 Å². The number of pyridine rings is 1. The largest absolute Gasteiger partial charge is 0.490 e. The quantitative estimate of drug-likeness (QED) is 0.770. The zero-order valence-corrected chi connectivity index (χ0v) is 9.10. The van der Waals surface area contributed by atoms with Gasteiger partial charge in [0.25, 0.3) is 0 Å². The van der Waals surface area contributed by atoms with Crippen LogP contribution in [0, 0.1) is 0 Å². The summed E-state index contributed by atoms with van der Waals surface area (Å²) < 4.78 is 10.1. The molecule has 4 heteroatoms. The van der Waals surface area contributed by atoms with Crippen molar-refractivity contribution >= 4 is 5.78 Å². The lowest BCUT2D eigenvalue weighted by molar-refractivity contribution is -0.117. The fourth-order valence-corrected chi connectivity index (χ4v) is 1.52. The number of allylic oxidation sites excluding steroid dienone is 1. The molecule has 0 spiro atoms. The molecule has 0 aliphatic carbocycles. The highest BCUT2D eigenvalue weighted by atomic mass is 16.5. The molecule has 0 radical (unpaired) electrons. The Hall–Kier alpha value is -1.84. The number of hydrogen-bond donors (Lipinski definition) is 0. The molecule has 0 bridgehead atoms. The van der Waals surface area contributed by atoms with Gasteiger partial charge in [-0.1, -0.05) is 6.07 Å². The van der Waals surface area contributed by atoms with Gasteiger partial charge in [-0.15, -0.1) is 0 Å². The number of hydrogen-bond acceptors (Lipinski definition) is 4. The van der Waals surface area contributed by atoms with Crippen LogP contribution in [-0.4, -0.2) is 24.5 Å². The Morgan fingerprint density at radius 3 is 3.00 bits per heavy atom. The number of rotatable bonds is 4. The number of aromatic nitrogens is 1. The van der Waals surface area contributed by atoms with Crippen molar-refractivity contribution in [3.63, 3.8) is 0 Å². The van der Waals surface area contributed by atoms with Gasteiger partial charge in [0, 0.05) is 25.1 Å². The van der Waals surface area contributed by atoms with Crippen molar-refractivity contribution in [1.82, 2.24) is 4.98 Å². The maximum atomic E-state index is 11.7. The summed E-state index contributed by atoms with van der Waals surface area (Å²) >= 11 is 0. The van der Waals surface area contributed by atoms with Crippen molar-refractivity contribution in [1.29, 1.82) is 0 Å². The van der Waals surface area contributed by atoms with Crippen molar-refractivity contribution in [2.24, 2.45) is 0 Å². The molecule has 1 aliphatic rings. The average molecular weight is 219 g/mol. The van der Waals surface area contributed by atoms with Crippen molar-refractivity contribution < 1.29 is 14.3 Å². The first-order chi connectivity index (χ1) is 7.79. The van der Waals surface area contributed by atoms with Crippen molar-refractivity contribution in [2.45, 2.75) is 12.8 Å². The van der Waals surface area contributed by atoms with E-state index in [1.807, 2.05) is 12.1 Å². The average Bonchev–Trinajstić information content (AvgIpc) is 2.83. The second-order valence-corrected chi connectivity index (χ2v) is 3.51. The van der Waals surface area contributed by atoms with E-state index in [0.29, 0.717) is 24.7 Å². The summed E-state index contributed by atoms with van der Waals surface area (Å²) in [5.74, 6) is 1.04. The third kappa shape index (κ3) is 2.39. The lowest BCUT2D eigenvalue weighted by atomic mass is 10.1. The summed E-state index contributed by atoms with van der Waals surface area (Å²) in [6.07, 6.45) is 4.62. The minimum absolute atomic E-state index is 0.00414. The second kappa shape index (κ2) is 4.79. The fourth-order valence-electron chi connectivity index (χ4n) is 1.52. The van der Waals surface area contributed by atoms with Crippen LogP contribution in [0.3, 0.4) is 0 Å². The third-order valence-corrected chi connectivity index (χ3v) is 2.35. The van der Waals surface area contributed by atoms with E-state index in [1.165, 1.54) is 0 Å². The van der Waals surface area contributed by atoms with Gasteiger partial charge in [-0.25, -0.2) is 4.98 Å². The van der Waals surface area contributed by atoms with E-state index in [-0.39, 0.29) is 5.78 Å². The Labute approximate surface area is 93.9 Å². The van der Waals surface area contributed by atoms with Crippen molar-refractivity contribution in [3.05, 3.63) is 35.7 Å². The molecule has 16 heavy (non-hydrogen) atoms. The Kier molecular flexibility index (Phi) is 3.19. The minimum Gasteiger partial charge on any atom is -0.490 e. The number of methoxy groups -OCH3 is 1. The molecular formula is C12H13NO3. The van der Waals surface area contributed by atoms with E-state index in [4.69, 9.17) is 9.47 Å². The molecule has 1 aliphatic heterocycles. The highest BCUT2D eigenvalue weighted by Crippen LogP contribution is 2.14. The van der Waals surface area contributed by atoms with Crippen LogP contribution < -0.4 is 4.74 Å². The van der Waals surface area contributed by atoms with Crippen LogP contribution in [0.1, 0.15) is 12.0 Å². The van der Waals surface area contributed by atoms with Gasteiger partial charge in [-0.05, 0) is 11.6 Å². The summed E-state index contributed by atoms with van der Waals surface area (Å²) in [7, 11) is 1.56. The van der Waals surface area contributed by atoms with Crippen molar-refractivity contribution in [3.8, 4) is 5.88 Å². The van der Waals surface area contributed by atoms with E-state index in [1.54, 1.807) is 19.4 Å². The number of nitrogens with zero attached hydrogens (tertiary/aromatic N) is 1. The summed E-state index contributed by atoms with van der Waals surface area (Å²) in [5, 5.41) is 0. The first-order valence-electron chi connectivity index (χ1n) is 5.14. The van der Waals surface area contributed by atoms with E-state index in [2.05, 4.69) is 4.98 Å². The molecule has 0 N–H and O–H groups in total. The molecule has 2 rings (SSSR count). The second-order valence-electron chi connectivity index (χ2n) is 3.51. The molecule has 0 atom stereocenters. The zero-order chi connectivity index (χ0) is 11.4. The Morgan fingerprint density at radius 1 is 1.56 bits per heavy atom. The highest BCUT2D eigenvalue weighted by molar-refractivity contribution is 5.95. The zero-order valence-electron chi connectivity index (χ0n) is 9.10. The van der Waals surface area contributed by atoms with Gasteiger partial charge in [0.1, 0.15) is 0 Å². The standard InChI is InChI=1S/C12H13NO3/c1-15-12-5-4-9(8-13-12)7-10(14)11-3-2-6-16-11/h3-5,8H,2,6-7H2,1H3. The van der Waals surface area contributed by atoms with Gasteiger partial charge in [0.05, 0.1) is 13.7 Å². The van der Waals surface area contributed by atoms with E-state index in [9.17, 15) is 4.79 Å². The summed E-state index contributed by atoms with van der Waals surface area (Å²) in [6, 6.07) is 3.58. The molecule has 1 aromatic heterocycles. The smallest absolute Gasteiger partial charge is 0.212 e. The van der Waals surface area contributed by atoms with E-state index in [0.717, 1.165) is 12.0 Å². The van der Waals surface area contributed by atoms with Crippen LogP contribution in [0.5, 0.6) is 5.88 Å². The summed E-state index contributed by atoms with van der Waals surface area (Å²) in [4.78, 5) is 15.8. The van der Waals surface area contributed by atoms with Gasteiger partial charge < -0.3 is 9.47 Å². The molecule has 0 saturated carbocycles. The SMILES string of the molecule is COc1ccc(CC(=O)C2=CCCO2)cn1. The first-order valence-corrected chi connectivity index (χ1v) is 5.14. The maximum Gasteiger partial charge on any atom is 0.212 e. The molecule has 0 aromatic carbocycles. The monoisotopic (exact) mass is 219 g/mol. The predicted octanol–water partition coefficient (Wildman–Crippen LogP) is 1.51. The number of ether oxygens (including phenoxy) is 2. The number of Topliss-reactive ketones (excluding diaryl/α,β-unsaturated/α-hetero) is 1. The minimum atomic E-state index is 0.00414. The Balaban J connectivity index is 2.00. The number of ketones is 1. The Bertz CT molecular complexity index is 409. The normalized spacial score (nSPS) is 14.2. The third-order valence-electron chi connectivity index (χ3n) is 2.35. The molecule has 0 amide bonds. The van der Waals surface area contributed by atoms with Crippen LogP contribution >= 0.6 is 0 Å². The molecule has 0 fully saturated rings. The summed E-state index contributed by atoms with van der Waals surface area (Å²) in [5.41, 5.74) is 0.863. The van der Waals surface area contributed by atoms with E-state index < -0.39 is 0 Å². The van der Waals surface area contributed by atoms with Gasteiger partial charge in [0.2, 0.25) is 11.7 Å². The maximum absolute atomic E-state index is 11.7. The molecule has 0 unspecified atom stereocenters. The van der Waals surface area contributed by atoms with Crippen LogP contribution in [-0.2, 0) is 16.0 Å². The van der Waals surface area contributed by atoms with Gasteiger partial charge in [-0.3, -0.25) is 4.79 Å². The molecule has 1 aromatic rings. The Morgan fingerprint density at radius 2 is 2.44 bits per heavy atom. The molecule has 2 heterocycles. The molecule has 84 valence electrons. The van der Waals surface area contributed by atoms with Crippen LogP contribution in [0.4, 0.5) is 0 Å². The lowest BCUT2D eigenvalue weighted by Gasteiger charge is -2.03. The highest BCUT2D eigenvalue weighted by Gasteiger charge is 2.15. The predicted molar refractivity (Wildman–Crippen MR) is 58.2 cm³/mol. The lowest BCUT2D eigenvalue weighted by Crippen LogP contribution is -2.07. The van der Waals surface area contributed by atoms with Crippen LogP contribution in [0.25, 0.3) is 0 Å². The topological polar surface area (TPSA) is 48.4 Å². The molecule has 4 nitrogen and oxygen atoms in total. The fraction of sp³-hybridized carbons (Fsp3) is 0.333. The number of carbonyl (C=O) groups is 1. The van der Waals surface area contributed by atoms with Crippen LogP contribution in [0.2, 0.25) is 0 Å². The van der Waals surface area contributed by atoms with E-state index >= 15 is 0 Å². The first kappa shape index (κ1) is 10.7. The molecular weight excluding hydrogens is 206 g/mol. The molecule has 0 saturated heterocycles. The van der Waals surface area contributed by atoms with Gasteiger partial charge in [-0.2, -0.15) is 0 Å². The summed E-state index contributed by atoms with van der Waals surface area (Å²) in [6.45, 7) is 0.613.